The molecule has 1 fully saturated rings. The van der Waals surface area contributed by atoms with Gasteiger partial charge in [0.1, 0.15) is 0 Å². The van der Waals surface area contributed by atoms with E-state index in [-0.39, 0.29) is 17.9 Å². The summed E-state index contributed by atoms with van der Waals surface area (Å²) < 4.78 is 0. The summed E-state index contributed by atoms with van der Waals surface area (Å²) in [6.45, 7) is 2.89. The summed E-state index contributed by atoms with van der Waals surface area (Å²) in [7, 11) is 0. The van der Waals surface area contributed by atoms with Crippen LogP contribution in [-0.2, 0) is 4.79 Å². The third-order valence-corrected chi connectivity index (χ3v) is 3.61. The fourth-order valence-electron chi connectivity index (χ4n) is 2.04. The third kappa shape index (κ3) is 2.92. The molecule has 1 aliphatic rings. The summed E-state index contributed by atoms with van der Waals surface area (Å²) in [5.41, 5.74) is 0.572. The van der Waals surface area contributed by atoms with Gasteiger partial charge in [0.05, 0.1) is 16.6 Å². The molecule has 2 N–H and O–H groups in total. The van der Waals surface area contributed by atoms with Crippen LogP contribution in [0.25, 0.3) is 0 Å². The van der Waals surface area contributed by atoms with Crippen molar-refractivity contribution in [3.05, 3.63) is 28.2 Å². The van der Waals surface area contributed by atoms with Crippen LogP contribution in [0, 0.1) is 5.92 Å². The van der Waals surface area contributed by atoms with Crippen molar-refractivity contribution in [2.24, 2.45) is 5.92 Å². The Bertz CT molecular complexity index is 437. The van der Waals surface area contributed by atoms with Crippen LogP contribution >= 0.6 is 23.2 Å². The molecule has 1 aliphatic heterocycles. The maximum absolute atomic E-state index is 12.0. The Morgan fingerprint density at radius 1 is 1.47 bits per heavy atom. The van der Waals surface area contributed by atoms with Crippen LogP contribution in [0.3, 0.4) is 0 Å². The molecule has 92 valence electrons. The minimum Gasteiger partial charge on any atom is -0.324 e. The van der Waals surface area contributed by atoms with E-state index in [1.807, 2.05) is 6.92 Å². The molecule has 1 aromatic carbocycles. The van der Waals surface area contributed by atoms with E-state index in [9.17, 15) is 4.79 Å². The second-order valence-electron chi connectivity index (χ2n) is 4.25. The molecule has 5 heteroatoms. The molecule has 0 spiro atoms. The van der Waals surface area contributed by atoms with E-state index in [0.29, 0.717) is 15.7 Å². The van der Waals surface area contributed by atoms with Gasteiger partial charge in [0.2, 0.25) is 5.91 Å². The number of hydrogen-bond donors (Lipinski definition) is 2. The minimum absolute atomic E-state index is 0.00772. The standard InChI is InChI=1S/C12H14Cl2N2O/c1-7-9(4-5-15-7)12(17)16-11-6-8(13)2-3-10(11)14/h2-3,6-7,9,15H,4-5H2,1H3,(H,16,17). The highest BCUT2D eigenvalue weighted by atomic mass is 35.5. The fraction of sp³-hybridized carbons (Fsp3) is 0.417. The van der Waals surface area contributed by atoms with E-state index >= 15 is 0 Å². The fourth-order valence-corrected chi connectivity index (χ4v) is 2.37. The first kappa shape index (κ1) is 12.7. The highest BCUT2D eigenvalue weighted by Crippen LogP contribution is 2.27. The van der Waals surface area contributed by atoms with Crippen molar-refractivity contribution >= 4 is 34.8 Å². The summed E-state index contributed by atoms with van der Waals surface area (Å²) in [5, 5.41) is 7.13. The number of halogens is 2. The van der Waals surface area contributed by atoms with Crippen LogP contribution in [0.5, 0.6) is 0 Å². The lowest BCUT2D eigenvalue weighted by Gasteiger charge is -2.15. The molecule has 0 radical (unpaired) electrons. The number of anilines is 1. The summed E-state index contributed by atoms with van der Waals surface area (Å²) in [5.74, 6) is -0.0169. The monoisotopic (exact) mass is 272 g/mol. The summed E-state index contributed by atoms with van der Waals surface area (Å²) in [4.78, 5) is 12.0. The van der Waals surface area contributed by atoms with E-state index in [1.54, 1.807) is 18.2 Å². The first-order valence-corrected chi connectivity index (χ1v) is 6.33. The molecule has 2 rings (SSSR count). The van der Waals surface area contributed by atoms with Gasteiger partial charge in [-0.3, -0.25) is 4.79 Å². The summed E-state index contributed by atoms with van der Waals surface area (Å²) >= 11 is 11.9. The van der Waals surface area contributed by atoms with Crippen LogP contribution in [0.2, 0.25) is 10.0 Å². The van der Waals surface area contributed by atoms with Crippen molar-refractivity contribution in [2.75, 3.05) is 11.9 Å². The Morgan fingerprint density at radius 3 is 2.88 bits per heavy atom. The molecule has 1 amide bonds. The number of hydrogen-bond acceptors (Lipinski definition) is 2. The zero-order chi connectivity index (χ0) is 12.4. The van der Waals surface area contributed by atoms with Gasteiger partial charge < -0.3 is 10.6 Å². The molecule has 0 aromatic heterocycles. The molecule has 0 saturated carbocycles. The number of nitrogens with one attached hydrogen (secondary N) is 2. The molecular weight excluding hydrogens is 259 g/mol. The normalized spacial score (nSPS) is 23.7. The molecule has 3 nitrogen and oxygen atoms in total. The third-order valence-electron chi connectivity index (χ3n) is 3.05. The van der Waals surface area contributed by atoms with Gasteiger partial charge in [0.25, 0.3) is 0 Å². The van der Waals surface area contributed by atoms with Crippen molar-refractivity contribution in [3.8, 4) is 0 Å². The van der Waals surface area contributed by atoms with Gasteiger partial charge >= 0.3 is 0 Å². The Balaban J connectivity index is 2.10. The van der Waals surface area contributed by atoms with Crippen LogP contribution in [0.1, 0.15) is 13.3 Å². The molecule has 1 heterocycles. The van der Waals surface area contributed by atoms with E-state index in [0.717, 1.165) is 13.0 Å². The number of carbonyl (C=O) groups excluding carboxylic acids is 1. The quantitative estimate of drug-likeness (QED) is 0.869. The predicted molar refractivity (Wildman–Crippen MR) is 70.7 cm³/mol. The summed E-state index contributed by atoms with van der Waals surface area (Å²) in [6, 6.07) is 5.23. The van der Waals surface area contributed by atoms with Gasteiger partial charge in [-0.05, 0) is 38.1 Å². The number of carbonyl (C=O) groups is 1. The molecule has 1 aromatic rings. The Labute approximate surface area is 110 Å². The number of amides is 1. The van der Waals surface area contributed by atoms with Gasteiger partial charge in [-0.2, -0.15) is 0 Å². The lowest BCUT2D eigenvalue weighted by molar-refractivity contribution is -0.119. The Hall–Kier alpha value is -0.770. The van der Waals surface area contributed by atoms with Crippen LogP contribution < -0.4 is 10.6 Å². The van der Waals surface area contributed by atoms with E-state index in [2.05, 4.69) is 10.6 Å². The molecular formula is C12H14Cl2N2O. The second-order valence-corrected chi connectivity index (χ2v) is 5.10. The lowest BCUT2D eigenvalue weighted by atomic mass is 10.0. The first-order chi connectivity index (χ1) is 8.08. The number of benzene rings is 1. The Kier molecular flexibility index (Phi) is 3.92. The smallest absolute Gasteiger partial charge is 0.229 e. The lowest BCUT2D eigenvalue weighted by Crippen LogP contribution is -2.32. The minimum atomic E-state index is -0.00921. The van der Waals surface area contributed by atoms with Crippen molar-refractivity contribution in [1.29, 1.82) is 0 Å². The Morgan fingerprint density at radius 2 is 2.24 bits per heavy atom. The molecule has 1 saturated heterocycles. The van der Waals surface area contributed by atoms with Crippen molar-refractivity contribution < 1.29 is 4.79 Å². The highest BCUT2D eigenvalue weighted by molar-refractivity contribution is 6.35. The van der Waals surface area contributed by atoms with Crippen LogP contribution in [0.4, 0.5) is 5.69 Å². The SMILES string of the molecule is CC1NCCC1C(=O)Nc1cc(Cl)ccc1Cl. The van der Waals surface area contributed by atoms with Crippen molar-refractivity contribution in [1.82, 2.24) is 5.32 Å². The molecule has 2 atom stereocenters. The average Bonchev–Trinajstić information content (AvgIpc) is 2.70. The van der Waals surface area contributed by atoms with E-state index in [4.69, 9.17) is 23.2 Å². The van der Waals surface area contributed by atoms with Gasteiger partial charge in [0.15, 0.2) is 0 Å². The van der Waals surface area contributed by atoms with Crippen LogP contribution in [-0.4, -0.2) is 18.5 Å². The van der Waals surface area contributed by atoms with Crippen molar-refractivity contribution in [3.63, 3.8) is 0 Å². The van der Waals surface area contributed by atoms with Crippen LogP contribution in [0.15, 0.2) is 18.2 Å². The predicted octanol–water partition coefficient (Wildman–Crippen LogP) is 2.93. The summed E-state index contributed by atoms with van der Waals surface area (Å²) in [6.07, 6.45) is 0.852. The van der Waals surface area contributed by atoms with Crippen molar-refractivity contribution in [2.45, 2.75) is 19.4 Å². The number of rotatable bonds is 2. The zero-order valence-electron chi connectivity index (χ0n) is 9.47. The molecule has 0 bridgehead atoms. The first-order valence-electron chi connectivity index (χ1n) is 5.57. The molecule has 17 heavy (non-hydrogen) atoms. The largest absolute Gasteiger partial charge is 0.324 e. The molecule has 0 aliphatic carbocycles. The average molecular weight is 273 g/mol. The second kappa shape index (κ2) is 5.25. The van der Waals surface area contributed by atoms with E-state index < -0.39 is 0 Å². The maximum Gasteiger partial charge on any atom is 0.229 e. The molecule has 2 unspecified atom stereocenters. The van der Waals surface area contributed by atoms with Gasteiger partial charge in [-0.25, -0.2) is 0 Å². The highest BCUT2D eigenvalue weighted by Gasteiger charge is 2.29. The topological polar surface area (TPSA) is 41.1 Å². The van der Waals surface area contributed by atoms with Gasteiger partial charge in [-0.1, -0.05) is 23.2 Å². The van der Waals surface area contributed by atoms with Gasteiger partial charge in [0, 0.05) is 11.1 Å². The van der Waals surface area contributed by atoms with E-state index in [1.165, 1.54) is 0 Å². The zero-order valence-corrected chi connectivity index (χ0v) is 11.0. The van der Waals surface area contributed by atoms with Gasteiger partial charge in [-0.15, -0.1) is 0 Å². The maximum atomic E-state index is 12.0.